The molecule has 2 bridgehead atoms. The van der Waals surface area contributed by atoms with E-state index in [4.69, 9.17) is 4.74 Å². The first-order valence-corrected chi connectivity index (χ1v) is 12.7. The number of carbonyl (C=O) groups is 1. The number of H-pyrrole nitrogens is 1. The number of phenolic OH excluding ortho intramolecular Hbond substituents is 1. The predicted molar refractivity (Wildman–Crippen MR) is 124 cm³/mol. The second-order valence-electron chi connectivity index (χ2n) is 11.1. The maximum Gasteiger partial charge on any atom is 0.220 e. The smallest absolute Gasteiger partial charge is 0.220 e. The minimum atomic E-state index is -0.923. The molecule has 34 heavy (non-hydrogen) atoms. The van der Waals surface area contributed by atoms with Gasteiger partial charge in [0.1, 0.15) is 6.10 Å². The van der Waals surface area contributed by atoms with Crippen molar-refractivity contribution in [1.82, 2.24) is 20.2 Å². The molecule has 0 radical (unpaired) electrons. The predicted octanol–water partition coefficient (Wildman–Crippen LogP) is 1.80. The van der Waals surface area contributed by atoms with E-state index in [2.05, 4.69) is 20.2 Å². The minimum absolute atomic E-state index is 0.0241. The van der Waals surface area contributed by atoms with Gasteiger partial charge < -0.3 is 25.3 Å². The number of phenols is 1. The van der Waals surface area contributed by atoms with E-state index in [0.29, 0.717) is 31.4 Å². The summed E-state index contributed by atoms with van der Waals surface area (Å²) in [7, 11) is 0. The van der Waals surface area contributed by atoms with E-state index in [1.54, 1.807) is 18.6 Å². The number of benzene rings is 1. The first-order valence-electron chi connectivity index (χ1n) is 12.7. The Kier molecular flexibility index (Phi) is 4.40. The molecule has 8 nitrogen and oxygen atoms in total. The van der Waals surface area contributed by atoms with Crippen LogP contribution in [0.4, 0.5) is 0 Å². The molecule has 1 spiro atoms. The minimum Gasteiger partial charge on any atom is -0.504 e. The van der Waals surface area contributed by atoms with E-state index in [9.17, 15) is 15.0 Å². The number of piperidine rings is 1. The number of aryl methyl sites for hydroxylation is 1. The summed E-state index contributed by atoms with van der Waals surface area (Å²) in [5.74, 6) is 1.39. The Morgan fingerprint density at radius 1 is 1.29 bits per heavy atom. The van der Waals surface area contributed by atoms with Crippen molar-refractivity contribution in [2.45, 2.75) is 80.6 Å². The highest BCUT2D eigenvalue weighted by molar-refractivity contribution is 5.77. The molecular formula is C26H32N4O4. The van der Waals surface area contributed by atoms with Crippen LogP contribution in [0.5, 0.6) is 11.5 Å². The largest absolute Gasteiger partial charge is 0.504 e. The molecule has 0 unspecified atom stereocenters. The summed E-state index contributed by atoms with van der Waals surface area (Å²) in [5.41, 5.74) is 1.59. The molecule has 7 rings (SSSR count). The molecule has 3 aliphatic carbocycles. The average molecular weight is 465 g/mol. The van der Waals surface area contributed by atoms with Crippen molar-refractivity contribution in [2.24, 2.45) is 5.92 Å². The third-order valence-electron chi connectivity index (χ3n) is 9.29. The van der Waals surface area contributed by atoms with Gasteiger partial charge in [0.2, 0.25) is 5.91 Å². The number of hydrogen-bond acceptors (Lipinski definition) is 6. The Hall–Kier alpha value is -2.58. The average Bonchev–Trinajstić information content (AvgIpc) is 3.33. The zero-order valence-corrected chi connectivity index (χ0v) is 19.3. The van der Waals surface area contributed by atoms with E-state index in [1.165, 1.54) is 18.4 Å². The van der Waals surface area contributed by atoms with Gasteiger partial charge >= 0.3 is 0 Å². The molecular weight excluding hydrogens is 432 g/mol. The summed E-state index contributed by atoms with van der Waals surface area (Å²) in [5, 5.41) is 26.4. The van der Waals surface area contributed by atoms with Gasteiger partial charge in [0.25, 0.3) is 0 Å². The number of hydrogen-bond donors (Lipinski definition) is 4. The van der Waals surface area contributed by atoms with Gasteiger partial charge in [-0.1, -0.05) is 6.07 Å². The lowest BCUT2D eigenvalue weighted by Crippen LogP contribution is -2.78. The maximum atomic E-state index is 12.9. The molecule has 1 saturated heterocycles. The number of aromatic amines is 1. The highest BCUT2D eigenvalue weighted by atomic mass is 16.5. The van der Waals surface area contributed by atoms with Gasteiger partial charge in [-0.3, -0.25) is 9.69 Å². The number of imidazole rings is 1. The van der Waals surface area contributed by atoms with Crippen LogP contribution in [0.3, 0.4) is 0 Å². The number of rotatable bonds is 6. The van der Waals surface area contributed by atoms with Crippen LogP contribution < -0.4 is 10.1 Å². The van der Waals surface area contributed by atoms with E-state index >= 15 is 0 Å². The monoisotopic (exact) mass is 464 g/mol. The van der Waals surface area contributed by atoms with E-state index in [1.807, 2.05) is 6.07 Å². The molecule has 8 heteroatoms. The Labute approximate surface area is 198 Å². The molecule has 3 heterocycles. The molecule has 1 amide bonds. The third kappa shape index (κ3) is 2.78. The fourth-order valence-electron chi connectivity index (χ4n) is 7.58. The number of nitrogens with one attached hydrogen (secondary N) is 2. The highest BCUT2D eigenvalue weighted by Gasteiger charge is 2.73. The lowest BCUT2D eigenvalue weighted by molar-refractivity contribution is -0.192. The normalized spacial score (nSPS) is 35.5. The van der Waals surface area contributed by atoms with Crippen molar-refractivity contribution in [1.29, 1.82) is 0 Å². The summed E-state index contributed by atoms with van der Waals surface area (Å²) in [6.07, 6.45) is 9.38. The van der Waals surface area contributed by atoms with Crippen molar-refractivity contribution < 1.29 is 19.7 Å². The number of aliphatic hydroxyl groups is 1. The molecule has 180 valence electrons. The number of aromatic nitrogens is 2. The Morgan fingerprint density at radius 3 is 2.97 bits per heavy atom. The van der Waals surface area contributed by atoms with Crippen LogP contribution in [0.1, 0.15) is 55.3 Å². The molecule has 4 N–H and O–H groups in total. The molecule has 5 aliphatic rings. The first-order chi connectivity index (χ1) is 16.5. The number of amides is 1. The second kappa shape index (κ2) is 7.21. The van der Waals surface area contributed by atoms with Crippen LogP contribution in [0.15, 0.2) is 24.7 Å². The highest BCUT2D eigenvalue weighted by Crippen LogP contribution is 2.65. The van der Waals surface area contributed by atoms with E-state index in [0.717, 1.165) is 43.1 Å². The lowest BCUT2D eigenvalue weighted by Gasteiger charge is -2.64. The van der Waals surface area contributed by atoms with E-state index < -0.39 is 11.0 Å². The molecule has 3 fully saturated rings. The zero-order chi connectivity index (χ0) is 23.1. The quantitative estimate of drug-likeness (QED) is 0.519. The Bertz CT molecular complexity index is 1130. The van der Waals surface area contributed by atoms with Crippen LogP contribution in [0.2, 0.25) is 0 Å². The van der Waals surface area contributed by atoms with Gasteiger partial charge in [0.15, 0.2) is 11.5 Å². The number of aromatic hydroxyl groups is 1. The summed E-state index contributed by atoms with van der Waals surface area (Å²) in [4.78, 5) is 22.5. The molecule has 5 atom stereocenters. The molecule has 1 aromatic carbocycles. The number of carbonyl (C=O) groups excluding carboxylic acids is 1. The van der Waals surface area contributed by atoms with Crippen molar-refractivity contribution in [2.75, 3.05) is 13.1 Å². The molecule has 2 aliphatic heterocycles. The summed E-state index contributed by atoms with van der Waals surface area (Å²) in [6, 6.07) is 3.59. The van der Waals surface area contributed by atoms with Crippen molar-refractivity contribution in [3.05, 3.63) is 41.5 Å². The van der Waals surface area contributed by atoms with E-state index in [-0.39, 0.29) is 29.8 Å². The van der Waals surface area contributed by atoms with Crippen LogP contribution in [0, 0.1) is 5.92 Å². The summed E-state index contributed by atoms with van der Waals surface area (Å²) >= 11 is 0. The van der Waals surface area contributed by atoms with Crippen molar-refractivity contribution >= 4 is 5.91 Å². The third-order valence-corrected chi connectivity index (χ3v) is 9.29. The van der Waals surface area contributed by atoms with Gasteiger partial charge in [-0.05, 0) is 69.0 Å². The first kappa shape index (κ1) is 20.8. The fourth-order valence-corrected chi connectivity index (χ4v) is 7.58. The standard InChI is InChI=1S/C26H32N4O4/c31-19-5-3-16-11-20-26(33)8-7-18(29-21(32)6-4-17-12-27-14-28-17)24-25(26,22(16)23(19)34-24)9-10-30(20)13-15-1-2-15/h3,5,12,14-15,18,20,24,31,33H,1-2,4,6-11,13H2,(H,27,28)(H,29,32)/t18-,20+,24-,25-,26+/m0/s1. The van der Waals surface area contributed by atoms with Gasteiger partial charge in [0.05, 0.1) is 23.4 Å². The van der Waals surface area contributed by atoms with Crippen molar-refractivity contribution in [3.63, 3.8) is 0 Å². The van der Waals surface area contributed by atoms with Gasteiger partial charge in [-0.15, -0.1) is 0 Å². The SMILES string of the molecule is O=C(CCc1cnc[nH]1)N[C@H]1CC[C@@]2(O)[C@H]3Cc4ccc(O)c5c4[C@@]2(CCN3CC2CC2)[C@H]1O5. The van der Waals surface area contributed by atoms with Crippen LogP contribution in [0.25, 0.3) is 0 Å². The fraction of sp³-hybridized carbons (Fsp3) is 0.615. The van der Waals surface area contributed by atoms with Crippen molar-refractivity contribution in [3.8, 4) is 11.5 Å². The van der Waals surface area contributed by atoms with Crippen LogP contribution in [-0.2, 0) is 23.1 Å². The van der Waals surface area contributed by atoms with Gasteiger partial charge in [0, 0.05) is 36.5 Å². The zero-order valence-electron chi connectivity index (χ0n) is 19.3. The summed E-state index contributed by atoms with van der Waals surface area (Å²) < 4.78 is 6.51. The van der Waals surface area contributed by atoms with Crippen LogP contribution >= 0.6 is 0 Å². The maximum absolute atomic E-state index is 12.9. The molecule has 1 aromatic heterocycles. The number of ether oxygens (including phenoxy) is 1. The molecule has 2 saturated carbocycles. The van der Waals surface area contributed by atoms with Gasteiger partial charge in [-0.25, -0.2) is 4.98 Å². The van der Waals surface area contributed by atoms with Gasteiger partial charge in [-0.2, -0.15) is 0 Å². The Morgan fingerprint density at radius 2 is 2.18 bits per heavy atom. The molecule has 2 aromatic rings. The lowest BCUT2D eigenvalue weighted by atomic mass is 9.48. The Balaban J connectivity index is 1.22. The number of nitrogens with zero attached hydrogens (tertiary/aromatic N) is 2. The number of likely N-dealkylation sites (tertiary alicyclic amines) is 1. The summed E-state index contributed by atoms with van der Waals surface area (Å²) in [6.45, 7) is 1.97. The second-order valence-corrected chi connectivity index (χ2v) is 11.1. The topological polar surface area (TPSA) is 111 Å². The van der Waals surface area contributed by atoms with Crippen LogP contribution in [-0.4, -0.2) is 67.9 Å².